The summed E-state index contributed by atoms with van der Waals surface area (Å²) in [7, 11) is 0. The van der Waals surface area contributed by atoms with E-state index in [9.17, 15) is 9.18 Å². The van der Waals surface area contributed by atoms with Gasteiger partial charge < -0.3 is 10.6 Å². The fourth-order valence-corrected chi connectivity index (χ4v) is 2.22. The van der Waals surface area contributed by atoms with Crippen LogP contribution in [-0.2, 0) is 17.8 Å². The maximum atomic E-state index is 13.4. The van der Waals surface area contributed by atoms with Gasteiger partial charge in [-0.1, -0.05) is 42.5 Å². The summed E-state index contributed by atoms with van der Waals surface area (Å²) >= 11 is 0. The van der Waals surface area contributed by atoms with E-state index in [1.165, 1.54) is 17.2 Å². The van der Waals surface area contributed by atoms with Crippen molar-refractivity contribution in [1.82, 2.24) is 10.6 Å². The molecule has 0 saturated carbocycles. The molecule has 3 nitrogen and oxygen atoms in total. The molecule has 0 aromatic heterocycles. The summed E-state index contributed by atoms with van der Waals surface area (Å²) < 4.78 is 13.4. The van der Waals surface area contributed by atoms with Gasteiger partial charge >= 0.3 is 0 Å². The number of carbonyl (C=O) groups is 1. The summed E-state index contributed by atoms with van der Waals surface area (Å²) in [6, 6.07) is 14.7. The van der Waals surface area contributed by atoms with Crippen LogP contribution in [0.2, 0.25) is 0 Å². The van der Waals surface area contributed by atoms with Crippen LogP contribution in [0.25, 0.3) is 0 Å². The standard InChI is InChI=1S/C18H21FN2O/c1-14-6-2-3-8-16(14)12-20-13-18(22)21-11-10-15-7-4-5-9-17(15)19/h2-9,20H,10-13H2,1H3,(H,21,22). The van der Waals surface area contributed by atoms with E-state index in [0.29, 0.717) is 25.1 Å². The number of amides is 1. The number of halogens is 1. The predicted molar refractivity (Wildman–Crippen MR) is 86.0 cm³/mol. The third-order valence-electron chi connectivity index (χ3n) is 3.54. The number of benzene rings is 2. The lowest BCUT2D eigenvalue weighted by Gasteiger charge is -2.09. The van der Waals surface area contributed by atoms with Crippen molar-refractivity contribution in [2.45, 2.75) is 19.9 Å². The summed E-state index contributed by atoms with van der Waals surface area (Å²) in [5.74, 6) is -0.306. The number of carbonyl (C=O) groups excluding carboxylic acids is 1. The Morgan fingerprint density at radius 2 is 1.73 bits per heavy atom. The second kappa shape index (κ2) is 8.29. The van der Waals surface area contributed by atoms with Crippen molar-refractivity contribution in [1.29, 1.82) is 0 Å². The van der Waals surface area contributed by atoms with Gasteiger partial charge in [0.25, 0.3) is 0 Å². The molecular formula is C18H21FN2O. The van der Waals surface area contributed by atoms with Crippen LogP contribution >= 0.6 is 0 Å². The maximum absolute atomic E-state index is 13.4. The Bertz CT molecular complexity index is 574. The molecular weight excluding hydrogens is 279 g/mol. The number of rotatable bonds is 7. The van der Waals surface area contributed by atoms with Gasteiger partial charge in [-0.05, 0) is 36.1 Å². The van der Waals surface area contributed by atoms with Gasteiger partial charge in [-0.25, -0.2) is 4.39 Å². The van der Waals surface area contributed by atoms with E-state index < -0.39 is 0 Å². The first-order valence-electron chi connectivity index (χ1n) is 7.42. The summed E-state index contributed by atoms with van der Waals surface area (Å²) in [5, 5.41) is 5.91. The smallest absolute Gasteiger partial charge is 0.233 e. The molecule has 0 fully saturated rings. The zero-order valence-corrected chi connectivity index (χ0v) is 12.7. The van der Waals surface area contributed by atoms with Gasteiger partial charge in [0.15, 0.2) is 0 Å². The van der Waals surface area contributed by atoms with Gasteiger partial charge in [-0.2, -0.15) is 0 Å². The van der Waals surface area contributed by atoms with Crippen molar-refractivity contribution < 1.29 is 9.18 Å². The number of hydrogen-bond acceptors (Lipinski definition) is 2. The Morgan fingerprint density at radius 1 is 1.05 bits per heavy atom. The molecule has 0 atom stereocenters. The maximum Gasteiger partial charge on any atom is 0.233 e. The summed E-state index contributed by atoms with van der Waals surface area (Å²) in [6.07, 6.45) is 0.496. The molecule has 2 aromatic rings. The van der Waals surface area contributed by atoms with Crippen LogP contribution < -0.4 is 10.6 Å². The van der Waals surface area contributed by atoms with E-state index in [2.05, 4.69) is 10.6 Å². The molecule has 0 spiro atoms. The first kappa shape index (κ1) is 16.2. The van der Waals surface area contributed by atoms with E-state index in [0.717, 1.165) is 0 Å². The molecule has 0 heterocycles. The van der Waals surface area contributed by atoms with Crippen molar-refractivity contribution in [3.63, 3.8) is 0 Å². The molecule has 0 aliphatic rings. The third-order valence-corrected chi connectivity index (χ3v) is 3.54. The Balaban J connectivity index is 1.66. The van der Waals surface area contributed by atoms with E-state index in [4.69, 9.17) is 0 Å². The summed E-state index contributed by atoms with van der Waals surface area (Å²) in [4.78, 5) is 11.7. The first-order chi connectivity index (χ1) is 10.7. The Kier molecular flexibility index (Phi) is 6.10. The lowest BCUT2D eigenvalue weighted by molar-refractivity contribution is -0.120. The molecule has 0 aliphatic carbocycles. The van der Waals surface area contributed by atoms with Gasteiger partial charge in [0.1, 0.15) is 5.82 Å². The molecule has 0 unspecified atom stereocenters. The molecule has 22 heavy (non-hydrogen) atoms. The van der Waals surface area contributed by atoms with Gasteiger partial charge in [0.05, 0.1) is 6.54 Å². The molecule has 4 heteroatoms. The molecule has 0 radical (unpaired) electrons. The second-order valence-corrected chi connectivity index (χ2v) is 5.22. The normalized spacial score (nSPS) is 10.5. The highest BCUT2D eigenvalue weighted by molar-refractivity contribution is 5.77. The highest BCUT2D eigenvalue weighted by atomic mass is 19.1. The van der Waals surface area contributed by atoms with E-state index in [1.54, 1.807) is 18.2 Å². The minimum Gasteiger partial charge on any atom is -0.355 e. The molecule has 0 bridgehead atoms. The SMILES string of the molecule is Cc1ccccc1CNCC(=O)NCCc1ccccc1F. The second-order valence-electron chi connectivity index (χ2n) is 5.22. The minimum absolute atomic E-state index is 0.0788. The number of nitrogens with one attached hydrogen (secondary N) is 2. The monoisotopic (exact) mass is 300 g/mol. The summed E-state index contributed by atoms with van der Waals surface area (Å²) in [5.41, 5.74) is 3.01. The number of hydrogen-bond donors (Lipinski definition) is 2. The molecule has 1 amide bonds. The van der Waals surface area contributed by atoms with Gasteiger partial charge in [-0.3, -0.25) is 4.79 Å². The van der Waals surface area contributed by atoms with Crippen LogP contribution in [0, 0.1) is 12.7 Å². The topological polar surface area (TPSA) is 41.1 Å². The lowest BCUT2D eigenvalue weighted by Crippen LogP contribution is -2.34. The average Bonchev–Trinajstić information content (AvgIpc) is 2.51. The van der Waals surface area contributed by atoms with Gasteiger partial charge in [-0.15, -0.1) is 0 Å². The van der Waals surface area contributed by atoms with Crippen LogP contribution in [-0.4, -0.2) is 19.0 Å². The van der Waals surface area contributed by atoms with E-state index in [1.807, 2.05) is 31.2 Å². The first-order valence-corrected chi connectivity index (χ1v) is 7.42. The van der Waals surface area contributed by atoms with Crippen molar-refractivity contribution in [3.8, 4) is 0 Å². The molecule has 0 saturated heterocycles. The van der Waals surface area contributed by atoms with Crippen molar-refractivity contribution in [3.05, 3.63) is 71.0 Å². The molecule has 0 aliphatic heterocycles. The van der Waals surface area contributed by atoms with Gasteiger partial charge in [0, 0.05) is 13.1 Å². The molecule has 2 rings (SSSR count). The van der Waals surface area contributed by atoms with Crippen LogP contribution in [0.4, 0.5) is 4.39 Å². The zero-order valence-electron chi connectivity index (χ0n) is 12.7. The molecule has 116 valence electrons. The Labute approximate surface area is 130 Å². The van der Waals surface area contributed by atoms with Crippen LogP contribution in [0.5, 0.6) is 0 Å². The van der Waals surface area contributed by atoms with E-state index >= 15 is 0 Å². The van der Waals surface area contributed by atoms with Crippen LogP contribution in [0.15, 0.2) is 48.5 Å². The fourth-order valence-electron chi connectivity index (χ4n) is 2.22. The Morgan fingerprint density at radius 3 is 2.45 bits per heavy atom. The lowest BCUT2D eigenvalue weighted by atomic mass is 10.1. The highest BCUT2D eigenvalue weighted by Gasteiger charge is 2.04. The van der Waals surface area contributed by atoms with Gasteiger partial charge in [0.2, 0.25) is 5.91 Å². The average molecular weight is 300 g/mol. The predicted octanol–water partition coefficient (Wildman–Crippen LogP) is 2.58. The van der Waals surface area contributed by atoms with Crippen molar-refractivity contribution in [2.75, 3.05) is 13.1 Å². The fraction of sp³-hybridized carbons (Fsp3) is 0.278. The Hall–Kier alpha value is -2.20. The quantitative estimate of drug-likeness (QED) is 0.825. The summed E-state index contributed by atoms with van der Waals surface area (Å²) in [6.45, 7) is 3.40. The highest BCUT2D eigenvalue weighted by Crippen LogP contribution is 2.06. The van der Waals surface area contributed by atoms with Crippen LogP contribution in [0.3, 0.4) is 0 Å². The van der Waals surface area contributed by atoms with Crippen molar-refractivity contribution in [2.24, 2.45) is 0 Å². The molecule has 2 aromatic carbocycles. The largest absolute Gasteiger partial charge is 0.355 e. The van der Waals surface area contributed by atoms with Crippen LogP contribution in [0.1, 0.15) is 16.7 Å². The zero-order chi connectivity index (χ0) is 15.8. The van der Waals surface area contributed by atoms with E-state index in [-0.39, 0.29) is 18.3 Å². The minimum atomic E-state index is -0.227. The third kappa shape index (κ3) is 4.97. The number of aryl methyl sites for hydroxylation is 1. The molecule has 2 N–H and O–H groups in total. The van der Waals surface area contributed by atoms with Crippen molar-refractivity contribution >= 4 is 5.91 Å².